The molecule has 2 unspecified atom stereocenters. The fraction of sp³-hybridized carbons (Fsp3) is 0.647. The van der Waals surface area contributed by atoms with Crippen LogP contribution < -0.4 is 5.32 Å². The Hall–Kier alpha value is -0.860. The SMILES string of the molecule is CCc1ccc(CC)c(C(CC2CCCO2)NC)c1. The van der Waals surface area contributed by atoms with E-state index in [1.54, 1.807) is 0 Å². The summed E-state index contributed by atoms with van der Waals surface area (Å²) >= 11 is 0. The lowest BCUT2D eigenvalue weighted by molar-refractivity contribution is 0.0953. The van der Waals surface area contributed by atoms with Crippen LogP contribution in [0.25, 0.3) is 0 Å². The molecule has 1 saturated heterocycles. The standard InChI is InChI=1S/C17H27NO/c1-4-13-8-9-14(5-2)16(11-13)17(18-3)12-15-7-6-10-19-15/h8-9,11,15,17-18H,4-7,10,12H2,1-3H3. The van der Waals surface area contributed by atoms with Crippen LogP contribution in [0.5, 0.6) is 0 Å². The van der Waals surface area contributed by atoms with Crippen molar-refractivity contribution in [3.8, 4) is 0 Å². The number of aryl methyl sites for hydroxylation is 2. The Labute approximate surface area is 117 Å². The number of benzene rings is 1. The van der Waals surface area contributed by atoms with E-state index in [0.29, 0.717) is 12.1 Å². The van der Waals surface area contributed by atoms with Gasteiger partial charge in [0.2, 0.25) is 0 Å². The van der Waals surface area contributed by atoms with Gasteiger partial charge in [-0.3, -0.25) is 0 Å². The average molecular weight is 261 g/mol. The van der Waals surface area contributed by atoms with E-state index in [2.05, 4.69) is 44.4 Å². The van der Waals surface area contributed by atoms with Gasteiger partial charge in [0.05, 0.1) is 6.10 Å². The van der Waals surface area contributed by atoms with Gasteiger partial charge >= 0.3 is 0 Å². The first-order valence-corrected chi connectivity index (χ1v) is 7.69. The second-order valence-electron chi connectivity index (χ2n) is 5.45. The molecule has 1 aliphatic rings. The van der Waals surface area contributed by atoms with Crippen LogP contribution in [-0.4, -0.2) is 19.8 Å². The first kappa shape index (κ1) is 14.5. The molecule has 0 bridgehead atoms. The highest BCUT2D eigenvalue weighted by molar-refractivity contribution is 5.34. The molecular weight excluding hydrogens is 234 g/mol. The fourth-order valence-electron chi connectivity index (χ4n) is 3.00. The molecule has 0 spiro atoms. The summed E-state index contributed by atoms with van der Waals surface area (Å²) in [7, 11) is 2.07. The molecule has 1 aliphatic heterocycles. The maximum atomic E-state index is 5.80. The van der Waals surface area contributed by atoms with Crippen LogP contribution in [0.3, 0.4) is 0 Å². The van der Waals surface area contributed by atoms with Crippen molar-refractivity contribution in [3.63, 3.8) is 0 Å². The van der Waals surface area contributed by atoms with Gasteiger partial charge in [0, 0.05) is 12.6 Å². The van der Waals surface area contributed by atoms with Crippen LogP contribution in [0.1, 0.15) is 55.8 Å². The van der Waals surface area contributed by atoms with Gasteiger partial charge in [-0.15, -0.1) is 0 Å². The molecule has 0 amide bonds. The summed E-state index contributed by atoms with van der Waals surface area (Å²) in [5.74, 6) is 0. The van der Waals surface area contributed by atoms with Gasteiger partial charge in [-0.1, -0.05) is 32.0 Å². The highest BCUT2D eigenvalue weighted by Gasteiger charge is 2.22. The molecule has 19 heavy (non-hydrogen) atoms. The quantitative estimate of drug-likeness (QED) is 0.844. The Balaban J connectivity index is 2.19. The van der Waals surface area contributed by atoms with E-state index < -0.39 is 0 Å². The Kier molecular flexibility index (Phi) is 5.41. The third kappa shape index (κ3) is 3.58. The molecule has 0 aromatic heterocycles. The topological polar surface area (TPSA) is 21.3 Å². The first-order valence-electron chi connectivity index (χ1n) is 7.69. The monoisotopic (exact) mass is 261 g/mol. The second kappa shape index (κ2) is 7.06. The summed E-state index contributed by atoms with van der Waals surface area (Å²) in [6.07, 6.45) is 6.17. The van der Waals surface area contributed by atoms with Gasteiger partial charge in [-0.2, -0.15) is 0 Å². The summed E-state index contributed by atoms with van der Waals surface area (Å²) < 4.78 is 5.80. The Morgan fingerprint density at radius 3 is 2.74 bits per heavy atom. The van der Waals surface area contributed by atoms with E-state index in [-0.39, 0.29) is 0 Å². The molecular formula is C17H27NO. The third-order valence-electron chi connectivity index (χ3n) is 4.25. The van der Waals surface area contributed by atoms with Crippen molar-refractivity contribution in [1.82, 2.24) is 5.32 Å². The molecule has 1 fully saturated rings. The fourth-order valence-corrected chi connectivity index (χ4v) is 3.00. The predicted octanol–water partition coefficient (Wildman–Crippen LogP) is 3.64. The van der Waals surface area contributed by atoms with Crippen LogP contribution in [-0.2, 0) is 17.6 Å². The lowest BCUT2D eigenvalue weighted by Crippen LogP contribution is -2.23. The molecule has 106 valence electrons. The number of hydrogen-bond donors (Lipinski definition) is 1. The normalized spacial score (nSPS) is 20.7. The molecule has 0 radical (unpaired) electrons. The predicted molar refractivity (Wildman–Crippen MR) is 80.6 cm³/mol. The smallest absolute Gasteiger partial charge is 0.0594 e. The summed E-state index contributed by atoms with van der Waals surface area (Å²) in [5, 5.41) is 3.49. The minimum atomic E-state index is 0.421. The summed E-state index contributed by atoms with van der Waals surface area (Å²) in [4.78, 5) is 0. The molecule has 0 saturated carbocycles. The summed E-state index contributed by atoms with van der Waals surface area (Å²) in [6, 6.07) is 7.37. The summed E-state index contributed by atoms with van der Waals surface area (Å²) in [6.45, 7) is 5.40. The lowest BCUT2D eigenvalue weighted by Gasteiger charge is -2.23. The third-order valence-corrected chi connectivity index (χ3v) is 4.25. The Bertz CT molecular complexity index is 396. The maximum absolute atomic E-state index is 5.80. The highest BCUT2D eigenvalue weighted by atomic mass is 16.5. The second-order valence-corrected chi connectivity index (χ2v) is 5.45. The van der Waals surface area contributed by atoms with Crippen molar-refractivity contribution < 1.29 is 4.74 Å². The van der Waals surface area contributed by atoms with Gasteiger partial charge in [0.25, 0.3) is 0 Å². The molecule has 1 aromatic rings. The van der Waals surface area contributed by atoms with Crippen LogP contribution in [0, 0.1) is 0 Å². The van der Waals surface area contributed by atoms with Crippen molar-refractivity contribution in [2.45, 2.75) is 58.1 Å². The zero-order valence-corrected chi connectivity index (χ0v) is 12.5. The minimum Gasteiger partial charge on any atom is -0.378 e. The van der Waals surface area contributed by atoms with Gasteiger partial charge in [-0.05, 0) is 55.8 Å². The first-order chi connectivity index (χ1) is 9.28. The van der Waals surface area contributed by atoms with Gasteiger partial charge < -0.3 is 10.1 Å². The maximum Gasteiger partial charge on any atom is 0.0594 e. The van der Waals surface area contributed by atoms with Crippen molar-refractivity contribution in [2.24, 2.45) is 0 Å². The molecule has 1 heterocycles. The average Bonchev–Trinajstić information content (AvgIpc) is 2.97. The Morgan fingerprint density at radius 2 is 2.16 bits per heavy atom. The van der Waals surface area contributed by atoms with Gasteiger partial charge in [0.1, 0.15) is 0 Å². The Morgan fingerprint density at radius 1 is 1.32 bits per heavy atom. The molecule has 2 heteroatoms. The van der Waals surface area contributed by atoms with E-state index in [0.717, 1.165) is 25.9 Å². The molecule has 1 N–H and O–H groups in total. The van der Waals surface area contributed by atoms with Gasteiger partial charge in [-0.25, -0.2) is 0 Å². The van der Waals surface area contributed by atoms with E-state index in [1.807, 2.05) is 0 Å². The van der Waals surface area contributed by atoms with E-state index in [4.69, 9.17) is 4.74 Å². The van der Waals surface area contributed by atoms with Crippen molar-refractivity contribution in [1.29, 1.82) is 0 Å². The van der Waals surface area contributed by atoms with Crippen molar-refractivity contribution in [3.05, 3.63) is 34.9 Å². The molecule has 2 nitrogen and oxygen atoms in total. The molecule has 2 rings (SSSR count). The number of rotatable bonds is 6. The lowest BCUT2D eigenvalue weighted by atomic mass is 9.92. The minimum absolute atomic E-state index is 0.421. The summed E-state index contributed by atoms with van der Waals surface area (Å²) in [5.41, 5.74) is 4.37. The number of nitrogens with one attached hydrogen (secondary N) is 1. The van der Waals surface area contributed by atoms with Crippen molar-refractivity contribution in [2.75, 3.05) is 13.7 Å². The van der Waals surface area contributed by atoms with Crippen LogP contribution in [0.15, 0.2) is 18.2 Å². The number of ether oxygens (including phenoxy) is 1. The van der Waals surface area contributed by atoms with Crippen LogP contribution >= 0.6 is 0 Å². The molecule has 2 atom stereocenters. The largest absolute Gasteiger partial charge is 0.378 e. The van der Waals surface area contributed by atoms with Crippen LogP contribution in [0.4, 0.5) is 0 Å². The zero-order chi connectivity index (χ0) is 13.7. The molecule has 0 aliphatic carbocycles. The number of hydrogen-bond acceptors (Lipinski definition) is 2. The van der Waals surface area contributed by atoms with Crippen LogP contribution in [0.2, 0.25) is 0 Å². The van der Waals surface area contributed by atoms with E-state index >= 15 is 0 Å². The van der Waals surface area contributed by atoms with E-state index in [1.165, 1.54) is 29.5 Å². The molecule has 1 aromatic carbocycles. The highest BCUT2D eigenvalue weighted by Crippen LogP contribution is 2.28. The van der Waals surface area contributed by atoms with E-state index in [9.17, 15) is 0 Å². The van der Waals surface area contributed by atoms with Gasteiger partial charge in [0.15, 0.2) is 0 Å². The van der Waals surface area contributed by atoms with Crippen molar-refractivity contribution >= 4 is 0 Å². The zero-order valence-electron chi connectivity index (χ0n) is 12.5.